The van der Waals surface area contributed by atoms with Gasteiger partial charge >= 0.3 is 6.36 Å². The van der Waals surface area contributed by atoms with Crippen molar-refractivity contribution in [2.45, 2.75) is 11.3 Å². The van der Waals surface area contributed by atoms with Gasteiger partial charge in [-0.25, -0.2) is 8.42 Å². The molecule has 9 nitrogen and oxygen atoms in total. The summed E-state index contributed by atoms with van der Waals surface area (Å²) in [6.45, 7) is 0. The van der Waals surface area contributed by atoms with Crippen molar-refractivity contribution in [1.29, 1.82) is 0 Å². The van der Waals surface area contributed by atoms with Crippen molar-refractivity contribution < 1.29 is 50.4 Å². The van der Waals surface area contributed by atoms with Gasteiger partial charge in [0.2, 0.25) is 5.75 Å². The number of nitrogens with one attached hydrogen (secondary N) is 1. The summed E-state index contributed by atoms with van der Waals surface area (Å²) in [4.78, 5) is -0.518. The number of sulfonamides is 1. The molecule has 0 saturated carbocycles. The highest BCUT2D eigenvalue weighted by atomic mass is 32.2. The smallest absolute Gasteiger partial charge is 0.503 e. The highest BCUT2D eigenvalue weighted by Gasteiger charge is 2.31. The van der Waals surface area contributed by atoms with Gasteiger partial charge in [-0.3, -0.25) is 4.72 Å². The summed E-state index contributed by atoms with van der Waals surface area (Å²) in [5.41, 5.74) is 0.798. The van der Waals surface area contributed by atoms with Crippen molar-refractivity contribution in [2.75, 3.05) is 33.2 Å². The molecular weight excluding hydrogens is 531 g/mol. The van der Waals surface area contributed by atoms with Gasteiger partial charge in [0.1, 0.15) is 5.75 Å². The normalized spacial score (nSPS) is 11.8. The van der Waals surface area contributed by atoms with Gasteiger partial charge in [0.15, 0.2) is 23.0 Å². The van der Waals surface area contributed by atoms with Gasteiger partial charge in [0.25, 0.3) is 10.0 Å². The minimum atomic E-state index is -5.00. The Bertz CT molecular complexity index is 1410. The SMILES string of the molecule is COc1cc(C=Cc2cc(OC)c(OC)c(OC)c2)cc(NS(=O)(=O)c2cccc(OC(F)(F)F)c2)c1O. The molecule has 204 valence electrons. The monoisotopic (exact) mass is 555 g/mol. The zero-order chi connectivity index (χ0) is 28.1. The van der Waals surface area contributed by atoms with Crippen LogP contribution < -0.4 is 28.4 Å². The minimum Gasteiger partial charge on any atom is -0.503 e. The predicted octanol–water partition coefficient (Wildman–Crippen LogP) is 5.30. The molecular formula is C25H24F3NO8S. The van der Waals surface area contributed by atoms with Crippen molar-refractivity contribution in [1.82, 2.24) is 0 Å². The second kappa shape index (κ2) is 11.4. The number of benzene rings is 3. The van der Waals surface area contributed by atoms with Gasteiger partial charge in [-0.2, -0.15) is 0 Å². The van der Waals surface area contributed by atoms with Crippen LogP contribution in [0.4, 0.5) is 18.9 Å². The number of hydrogen-bond acceptors (Lipinski definition) is 8. The van der Waals surface area contributed by atoms with E-state index in [-0.39, 0.29) is 11.4 Å². The molecule has 3 rings (SSSR count). The van der Waals surface area contributed by atoms with Crippen LogP contribution >= 0.6 is 0 Å². The number of halogens is 3. The molecule has 2 N–H and O–H groups in total. The van der Waals surface area contributed by atoms with Crippen LogP contribution in [0.1, 0.15) is 11.1 Å². The Kier molecular flexibility index (Phi) is 8.51. The Morgan fingerprint density at radius 2 is 1.37 bits per heavy atom. The highest BCUT2D eigenvalue weighted by molar-refractivity contribution is 7.92. The van der Waals surface area contributed by atoms with Crippen LogP contribution in [0.2, 0.25) is 0 Å². The number of rotatable bonds is 10. The highest BCUT2D eigenvalue weighted by Crippen LogP contribution is 2.40. The molecule has 0 bridgehead atoms. The molecule has 38 heavy (non-hydrogen) atoms. The first-order chi connectivity index (χ1) is 17.9. The fourth-order valence-corrected chi connectivity index (χ4v) is 4.48. The number of ether oxygens (including phenoxy) is 5. The summed E-state index contributed by atoms with van der Waals surface area (Å²) in [6.07, 6.45) is -1.72. The topological polar surface area (TPSA) is 113 Å². The third-order valence-corrected chi connectivity index (χ3v) is 6.43. The van der Waals surface area contributed by atoms with E-state index in [2.05, 4.69) is 9.46 Å². The number of methoxy groups -OCH3 is 4. The maximum atomic E-state index is 12.9. The van der Waals surface area contributed by atoms with Crippen LogP contribution in [-0.4, -0.2) is 48.3 Å². The average molecular weight is 556 g/mol. The molecule has 0 aliphatic heterocycles. The van der Waals surface area contributed by atoms with E-state index in [9.17, 15) is 26.7 Å². The molecule has 0 radical (unpaired) electrons. The first kappa shape index (κ1) is 28.3. The van der Waals surface area contributed by atoms with Crippen LogP contribution in [-0.2, 0) is 10.0 Å². The fraction of sp³-hybridized carbons (Fsp3) is 0.200. The molecule has 3 aromatic rings. The molecule has 0 aliphatic rings. The quantitative estimate of drug-likeness (QED) is 0.256. The van der Waals surface area contributed by atoms with E-state index in [1.165, 1.54) is 40.6 Å². The molecule has 0 unspecified atom stereocenters. The van der Waals surface area contributed by atoms with E-state index in [0.29, 0.717) is 34.4 Å². The van der Waals surface area contributed by atoms with Crippen LogP contribution in [0.3, 0.4) is 0 Å². The van der Waals surface area contributed by atoms with E-state index >= 15 is 0 Å². The maximum Gasteiger partial charge on any atom is 0.573 e. The predicted molar refractivity (Wildman–Crippen MR) is 134 cm³/mol. The van der Waals surface area contributed by atoms with Crippen molar-refractivity contribution in [3.05, 3.63) is 59.7 Å². The number of anilines is 1. The summed E-state index contributed by atoms with van der Waals surface area (Å²) >= 11 is 0. The van der Waals surface area contributed by atoms with Gasteiger partial charge in [0.05, 0.1) is 39.0 Å². The Balaban J connectivity index is 1.97. The van der Waals surface area contributed by atoms with Crippen molar-refractivity contribution in [2.24, 2.45) is 0 Å². The molecule has 0 spiro atoms. The summed E-state index contributed by atoms with van der Waals surface area (Å²) in [5.74, 6) is -0.0587. The van der Waals surface area contributed by atoms with Crippen molar-refractivity contribution in [3.8, 4) is 34.5 Å². The molecule has 0 aliphatic carbocycles. The number of aromatic hydroxyl groups is 1. The van der Waals surface area contributed by atoms with Gasteiger partial charge in [-0.05, 0) is 47.5 Å². The molecule has 0 atom stereocenters. The van der Waals surface area contributed by atoms with E-state index in [4.69, 9.17) is 18.9 Å². The minimum absolute atomic E-state index is 0.0519. The van der Waals surface area contributed by atoms with Crippen LogP contribution in [0.5, 0.6) is 34.5 Å². The van der Waals surface area contributed by atoms with E-state index in [0.717, 1.165) is 18.2 Å². The molecule has 3 aromatic carbocycles. The molecule has 0 saturated heterocycles. The van der Waals surface area contributed by atoms with Crippen LogP contribution in [0, 0.1) is 0 Å². The number of phenols is 1. The van der Waals surface area contributed by atoms with Gasteiger partial charge in [-0.1, -0.05) is 18.2 Å². The number of alkyl halides is 3. The largest absolute Gasteiger partial charge is 0.573 e. The average Bonchev–Trinajstić information content (AvgIpc) is 2.87. The van der Waals surface area contributed by atoms with Crippen molar-refractivity contribution in [3.63, 3.8) is 0 Å². The van der Waals surface area contributed by atoms with Gasteiger partial charge < -0.3 is 28.8 Å². The van der Waals surface area contributed by atoms with Gasteiger partial charge in [-0.15, -0.1) is 13.2 Å². The Morgan fingerprint density at radius 1 is 0.816 bits per heavy atom. The van der Waals surface area contributed by atoms with E-state index < -0.39 is 32.8 Å². The first-order valence-electron chi connectivity index (χ1n) is 10.7. The van der Waals surface area contributed by atoms with Crippen LogP contribution in [0.25, 0.3) is 12.2 Å². The lowest BCUT2D eigenvalue weighted by molar-refractivity contribution is -0.274. The molecule has 0 heterocycles. The Morgan fingerprint density at radius 3 is 1.89 bits per heavy atom. The van der Waals surface area contributed by atoms with E-state index in [1.807, 2.05) is 0 Å². The second-order valence-corrected chi connectivity index (χ2v) is 9.22. The number of phenolic OH excluding ortho intramolecular Hbond substituents is 1. The number of hydrogen-bond donors (Lipinski definition) is 2. The lowest BCUT2D eigenvalue weighted by Gasteiger charge is -2.14. The van der Waals surface area contributed by atoms with Crippen LogP contribution in [0.15, 0.2) is 53.4 Å². The summed E-state index contributed by atoms with van der Waals surface area (Å²) in [7, 11) is 1.26. The second-order valence-electron chi connectivity index (χ2n) is 7.54. The zero-order valence-electron chi connectivity index (χ0n) is 20.6. The summed E-state index contributed by atoms with van der Waals surface area (Å²) in [5, 5.41) is 10.5. The van der Waals surface area contributed by atoms with E-state index in [1.54, 1.807) is 24.3 Å². The molecule has 0 amide bonds. The third kappa shape index (κ3) is 6.73. The molecule has 0 aromatic heterocycles. The zero-order valence-corrected chi connectivity index (χ0v) is 21.4. The maximum absolute atomic E-state index is 12.9. The summed E-state index contributed by atoms with van der Waals surface area (Å²) in [6, 6.07) is 9.99. The first-order valence-corrected chi connectivity index (χ1v) is 12.2. The standard InChI is InChI=1S/C25H24F3NO8S/c1-33-20-11-15(8-9-16-12-21(34-2)24(36-4)22(13-16)35-3)10-19(23(20)30)29-38(31,32)18-7-5-6-17(14-18)37-25(26,27)28/h5-14,29-30H,1-4H3. The molecule has 0 fully saturated rings. The Labute approximate surface area is 217 Å². The van der Waals surface area contributed by atoms with Gasteiger partial charge in [0, 0.05) is 6.07 Å². The molecule has 13 heteroatoms. The third-order valence-electron chi connectivity index (χ3n) is 5.07. The Hall–Kier alpha value is -4.26. The summed E-state index contributed by atoms with van der Waals surface area (Å²) < 4.78 is 90.6. The lowest BCUT2D eigenvalue weighted by atomic mass is 10.1. The lowest BCUT2D eigenvalue weighted by Crippen LogP contribution is -2.18. The van der Waals surface area contributed by atoms with Crippen molar-refractivity contribution >= 4 is 27.9 Å². The fourth-order valence-electron chi connectivity index (χ4n) is 3.39.